The summed E-state index contributed by atoms with van der Waals surface area (Å²) in [6, 6.07) is 8.28. The first-order valence-electron chi connectivity index (χ1n) is 7.96. The summed E-state index contributed by atoms with van der Waals surface area (Å²) >= 11 is 0. The minimum Gasteiger partial charge on any atom is -0.363 e. The van der Waals surface area contributed by atoms with Gasteiger partial charge in [0.2, 0.25) is 0 Å². The highest BCUT2D eigenvalue weighted by Crippen LogP contribution is 2.27. The van der Waals surface area contributed by atoms with Crippen LogP contribution in [0.4, 0.5) is 0 Å². The molecule has 0 bridgehead atoms. The molecule has 2 N–H and O–H groups in total. The second-order valence-corrected chi connectivity index (χ2v) is 6.10. The summed E-state index contributed by atoms with van der Waals surface area (Å²) in [6.45, 7) is 4.80. The Morgan fingerprint density at radius 1 is 1.43 bits per heavy atom. The number of benzene rings is 1. The molecule has 1 amide bonds. The third-order valence-corrected chi connectivity index (χ3v) is 4.64. The van der Waals surface area contributed by atoms with Crippen molar-refractivity contribution in [3.05, 3.63) is 35.4 Å². The quantitative estimate of drug-likeness (QED) is 0.892. The molecule has 0 saturated carbocycles. The van der Waals surface area contributed by atoms with Crippen molar-refractivity contribution in [2.75, 3.05) is 19.7 Å². The molecule has 0 spiro atoms. The van der Waals surface area contributed by atoms with E-state index in [9.17, 15) is 4.79 Å². The predicted molar refractivity (Wildman–Crippen MR) is 82.0 cm³/mol. The number of carbonyl (C=O) groups is 1. The number of hydrogen-bond donors (Lipinski definition) is 2. The van der Waals surface area contributed by atoms with Gasteiger partial charge >= 0.3 is 0 Å². The minimum atomic E-state index is -0.450. The number of nitrogens with one attached hydrogen (secondary N) is 2. The molecule has 3 unspecified atom stereocenters. The molecule has 21 heavy (non-hydrogen) atoms. The van der Waals surface area contributed by atoms with Gasteiger partial charge in [0.15, 0.2) is 6.10 Å². The molecular weight excluding hydrogens is 264 g/mol. The average Bonchev–Trinajstić information content (AvgIpc) is 2.55. The van der Waals surface area contributed by atoms with Gasteiger partial charge in [-0.2, -0.15) is 0 Å². The van der Waals surface area contributed by atoms with Crippen LogP contribution in [-0.2, 0) is 16.0 Å². The molecule has 1 fully saturated rings. The van der Waals surface area contributed by atoms with Crippen LogP contribution in [0.5, 0.6) is 0 Å². The first-order valence-corrected chi connectivity index (χ1v) is 7.96. The lowest BCUT2D eigenvalue weighted by molar-refractivity contribution is -0.135. The summed E-state index contributed by atoms with van der Waals surface area (Å²) < 4.78 is 5.73. The molecular formula is C17H24N2O2. The van der Waals surface area contributed by atoms with Crippen LogP contribution >= 0.6 is 0 Å². The van der Waals surface area contributed by atoms with Crippen LogP contribution in [0.15, 0.2) is 24.3 Å². The molecule has 2 heterocycles. The molecule has 2 aliphatic heterocycles. The van der Waals surface area contributed by atoms with Crippen LogP contribution in [0, 0.1) is 5.92 Å². The lowest BCUT2D eigenvalue weighted by Gasteiger charge is -2.31. The number of amides is 1. The van der Waals surface area contributed by atoms with Gasteiger partial charge in [-0.05, 0) is 56.3 Å². The predicted octanol–water partition coefficient (Wildman–Crippen LogP) is 1.80. The fourth-order valence-corrected chi connectivity index (χ4v) is 3.33. The maximum absolute atomic E-state index is 12.6. The molecule has 4 heteroatoms. The molecule has 0 aromatic heterocycles. The van der Waals surface area contributed by atoms with E-state index in [1.165, 1.54) is 18.4 Å². The largest absolute Gasteiger partial charge is 0.363 e. The Bertz CT molecular complexity index is 497. The maximum Gasteiger partial charge on any atom is 0.253 e. The van der Waals surface area contributed by atoms with Crippen molar-refractivity contribution in [1.82, 2.24) is 10.6 Å². The zero-order valence-electron chi connectivity index (χ0n) is 12.6. The summed E-state index contributed by atoms with van der Waals surface area (Å²) in [5, 5.41) is 6.56. The van der Waals surface area contributed by atoms with Gasteiger partial charge in [-0.25, -0.2) is 0 Å². The van der Waals surface area contributed by atoms with E-state index in [4.69, 9.17) is 4.74 Å². The van der Waals surface area contributed by atoms with Gasteiger partial charge in [0.05, 0.1) is 6.61 Å². The van der Waals surface area contributed by atoms with E-state index < -0.39 is 6.10 Å². The number of rotatable bonds is 3. The lowest BCUT2D eigenvalue weighted by atomic mass is 9.92. The molecule has 3 atom stereocenters. The van der Waals surface area contributed by atoms with Crippen molar-refractivity contribution in [1.29, 1.82) is 0 Å². The first kappa shape index (κ1) is 14.5. The van der Waals surface area contributed by atoms with E-state index in [1.54, 1.807) is 0 Å². The Hall–Kier alpha value is -1.39. The second kappa shape index (κ2) is 6.58. The average molecular weight is 288 g/mol. The van der Waals surface area contributed by atoms with Crippen molar-refractivity contribution < 1.29 is 9.53 Å². The van der Waals surface area contributed by atoms with Gasteiger partial charge in [-0.15, -0.1) is 0 Å². The van der Waals surface area contributed by atoms with E-state index in [1.807, 2.05) is 18.2 Å². The van der Waals surface area contributed by atoms with Gasteiger partial charge in [-0.3, -0.25) is 4.79 Å². The van der Waals surface area contributed by atoms with Gasteiger partial charge < -0.3 is 15.4 Å². The third kappa shape index (κ3) is 3.27. The van der Waals surface area contributed by atoms with Gasteiger partial charge in [-0.1, -0.05) is 24.3 Å². The second-order valence-electron chi connectivity index (χ2n) is 6.10. The standard InChI is InChI=1S/C17H24N2O2/c1-12(14-6-4-9-18-11-14)19-17(20)16-15-7-3-2-5-13(15)8-10-21-16/h2-3,5,7,12,14,16,18H,4,6,8-11H2,1H3,(H,19,20). The normalized spacial score (nSPS) is 26.7. The monoisotopic (exact) mass is 288 g/mol. The van der Waals surface area contributed by atoms with Crippen LogP contribution in [-0.4, -0.2) is 31.6 Å². The number of ether oxygens (including phenoxy) is 1. The van der Waals surface area contributed by atoms with E-state index in [2.05, 4.69) is 23.6 Å². The first-order chi connectivity index (χ1) is 10.3. The van der Waals surface area contributed by atoms with E-state index in [0.717, 1.165) is 25.1 Å². The molecule has 1 aromatic rings. The molecule has 2 aliphatic rings. The van der Waals surface area contributed by atoms with Crippen molar-refractivity contribution in [3.63, 3.8) is 0 Å². The Balaban J connectivity index is 1.66. The topological polar surface area (TPSA) is 50.4 Å². The molecule has 114 valence electrons. The van der Waals surface area contributed by atoms with Gasteiger partial charge in [0.1, 0.15) is 0 Å². The smallest absolute Gasteiger partial charge is 0.253 e. The minimum absolute atomic E-state index is 0.000207. The molecule has 1 saturated heterocycles. The Morgan fingerprint density at radius 2 is 2.29 bits per heavy atom. The van der Waals surface area contributed by atoms with Crippen LogP contribution in [0.2, 0.25) is 0 Å². The van der Waals surface area contributed by atoms with Crippen LogP contribution in [0.3, 0.4) is 0 Å². The van der Waals surface area contributed by atoms with Gasteiger partial charge in [0.25, 0.3) is 5.91 Å². The van der Waals surface area contributed by atoms with Crippen LogP contribution in [0.1, 0.15) is 37.0 Å². The highest BCUT2D eigenvalue weighted by molar-refractivity contribution is 5.83. The fourth-order valence-electron chi connectivity index (χ4n) is 3.33. The number of carbonyl (C=O) groups excluding carboxylic acids is 1. The Morgan fingerprint density at radius 3 is 3.10 bits per heavy atom. The summed E-state index contributed by atoms with van der Waals surface area (Å²) in [5.74, 6) is 0.516. The zero-order valence-corrected chi connectivity index (χ0v) is 12.6. The molecule has 1 aromatic carbocycles. The van der Waals surface area contributed by atoms with Crippen LogP contribution in [0.25, 0.3) is 0 Å². The van der Waals surface area contributed by atoms with Crippen molar-refractivity contribution >= 4 is 5.91 Å². The van der Waals surface area contributed by atoms with Gasteiger partial charge in [0, 0.05) is 6.04 Å². The molecule has 3 rings (SSSR count). The van der Waals surface area contributed by atoms with Crippen molar-refractivity contribution in [2.45, 2.75) is 38.3 Å². The summed E-state index contributed by atoms with van der Waals surface area (Å²) in [6.07, 6.45) is 2.81. The van der Waals surface area contributed by atoms with E-state index >= 15 is 0 Å². The summed E-state index contributed by atoms with van der Waals surface area (Å²) in [7, 11) is 0. The number of fused-ring (bicyclic) bond motifs is 1. The number of hydrogen-bond acceptors (Lipinski definition) is 3. The van der Waals surface area contributed by atoms with Crippen LogP contribution < -0.4 is 10.6 Å². The SMILES string of the molecule is CC(NC(=O)C1OCCc2ccccc21)C1CCCNC1. The zero-order chi connectivity index (χ0) is 14.7. The molecule has 0 radical (unpaired) electrons. The maximum atomic E-state index is 12.6. The van der Waals surface area contributed by atoms with E-state index in [-0.39, 0.29) is 11.9 Å². The van der Waals surface area contributed by atoms with Crippen molar-refractivity contribution in [3.8, 4) is 0 Å². The lowest BCUT2D eigenvalue weighted by Crippen LogP contribution is -2.46. The summed E-state index contributed by atoms with van der Waals surface area (Å²) in [4.78, 5) is 12.6. The molecule has 4 nitrogen and oxygen atoms in total. The van der Waals surface area contributed by atoms with E-state index in [0.29, 0.717) is 12.5 Å². The highest BCUT2D eigenvalue weighted by atomic mass is 16.5. The fraction of sp³-hybridized carbons (Fsp3) is 0.588. The third-order valence-electron chi connectivity index (χ3n) is 4.64. The Kier molecular flexibility index (Phi) is 4.56. The Labute approximate surface area is 126 Å². The molecule has 0 aliphatic carbocycles. The highest BCUT2D eigenvalue weighted by Gasteiger charge is 2.29. The van der Waals surface area contributed by atoms with Crippen molar-refractivity contribution in [2.24, 2.45) is 5.92 Å². The number of piperidine rings is 1. The summed E-state index contributed by atoms with van der Waals surface area (Å²) in [5.41, 5.74) is 2.26.